The number of nitrogen functional groups attached to an aromatic ring is 1. The van der Waals surface area contributed by atoms with Gasteiger partial charge in [-0.15, -0.1) is 0 Å². The molecule has 0 aliphatic rings. The molecule has 3 N–H and O–H groups in total. The van der Waals surface area contributed by atoms with E-state index in [9.17, 15) is 13.2 Å². The molecule has 0 saturated heterocycles. The van der Waals surface area contributed by atoms with Gasteiger partial charge in [-0.1, -0.05) is 0 Å². The average molecular weight is 283 g/mol. The summed E-state index contributed by atoms with van der Waals surface area (Å²) in [7, 11) is 0. The van der Waals surface area contributed by atoms with Gasteiger partial charge < -0.3 is 11.1 Å². The molecule has 0 unspecified atom stereocenters. The maximum atomic E-state index is 12.6. The third kappa shape index (κ3) is 3.34. The van der Waals surface area contributed by atoms with Crippen LogP contribution < -0.4 is 11.1 Å². The Balaban J connectivity index is 2.18. The van der Waals surface area contributed by atoms with Gasteiger partial charge in [-0.25, -0.2) is 4.98 Å². The van der Waals surface area contributed by atoms with Crippen molar-refractivity contribution in [3.05, 3.63) is 41.3 Å². The fraction of sp³-hybridized carbons (Fsp3) is 0.250. The molecule has 0 saturated carbocycles. The number of nitrogens with zero attached hydrogens (tertiary/aromatic N) is 3. The Kier molecular flexibility index (Phi) is 3.73. The lowest BCUT2D eigenvalue weighted by molar-refractivity contribution is -0.141. The highest BCUT2D eigenvalue weighted by Gasteiger charge is 2.33. The highest BCUT2D eigenvalue weighted by Crippen LogP contribution is 2.29. The molecule has 2 aromatic heterocycles. The molecule has 0 radical (unpaired) electrons. The zero-order valence-corrected chi connectivity index (χ0v) is 10.6. The highest BCUT2D eigenvalue weighted by molar-refractivity contribution is 5.42. The van der Waals surface area contributed by atoms with Crippen LogP contribution in [0, 0.1) is 6.92 Å². The number of nitrogens with two attached hydrogens (primary N) is 1. The minimum atomic E-state index is -4.56. The number of anilines is 2. The van der Waals surface area contributed by atoms with Crippen molar-refractivity contribution in [2.75, 3.05) is 11.1 Å². The van der Waals surface area contributed by atoms with Crippen LogP contribution in [0.15, 0.2) is 24.5 Å². The van der Waals surface area contributed by atoms with E-state index in [1.165, 1.54) is 0 Å². The summed E-state index contributed by atoms with van der Waals surface area (Å²) in [4.78, 5) is 10.8. The Morgan fingerprint density at radius 2 is 2.05 bits per heavy atom. The quantitative estimate of drug-likeness (QED) is 0.904. The molecule has 0 bridgehead atoms. The van der Waals surface area contributed by atoms with Crippen LogP contribution in [0.2, 0.25) is 0 Å². The van der Waals surface area contributed by atoms with Crippen molar-refractivity contribution >= 4 is 11.8 Å². The summed E-state index contributed by atoms with van der Waals surface area (Å²) in [5.74, 6) is -0.394. The third-order valence-corrected chi connectivity index (χ3v) is 2.63. The van der Waals surface area contributed by atoms with E-state index in [1.807, 2.05) is 6.92 Å². The van der Waals surface area contributed by atoms with Crippen LogP contribution in [0.1, 0.15) is 16.8 Å². The van der Waals surface area contributed by atoms with Crippen molar-refractivity contribution in [1.82, 2.24) is 15.0 Å². The first kappa shape index (κ1) is 14.0. The first-order valence-electron chi connectivity index (χ1n) is 5.71. The zero-order chi connectivity index (χ0) is 14.8. The summed E-state index contributed by atoms with van der Waals surface area (Å²) in [6.07, 6.45) is -1.27. The predicted octanol–water partition coefficient (Wildman–Crippen LogP) is 2.39. The Bertz CT molecular complexity index is 612. The molecule has 2 aromatic rings. The standard InChI is InChI=1S/C12H12F3N5/c1-7-5-17-3-2-8(7)6-18-10-4-9(12(13,14)15)19-11(16)20-10/h2-5H,6H2,1H3,(H3,16,18,19,20). The third-order valence-electron chi connectivity index (χ3n) is 2.63. The first-order chi connectivity index (χ1) is 9.36. The number of rotatable bonds is 3. The maximum absolute atomic E-state index is 12.6. The molecule has 2 rings (SSSR count). The molecule has 8 heteroatoms. The van der Waals surface area contributed by atoms with Crippen LogP contribution in [0.25, 0.3) is 0 Å². The second-order valence-corrected chi connectivity index (χ2v) is 4.15. The first-order valence-corrected chi connectivity index (χ1v) is 5.71. The van der Waals surface area contributed by atoms with Gasteiger partial charge in [0.05, 0.1) is 0 Å². The summed E-state index contributed by atoms with van der Waals surface area (Å²) in [5.41, 5.74) is 6.05. The van der Waals surface area contributed by atoms with Gasteiger partial charge in [-0.2, -0.15) is 18.2 Å². The summed E-state index contributed by atoms with van der Waals surface area (Å²) >= 11 is 0. The lowest BCUT2D eigenvalue weighted by Gasteiger charge is -2.11. The Hall–Kier alpha value is -2.38. The number of aromatic nitrogens is 3. The molecule has 0 spiro atoms. The summed E-state index contributed by atoms with van der Waals surface area (Å²) < 4.78 is 37.8. The number of nitrogens with one attached hydrogen (secondary N) is 1. The second kappa shape index (κ2) is 5.32. The summed E-state index contributed by atoms with van der Waals surface area (Å²) in [6, 6.07) is 2.60. The van der Waals surface area contributed by atoms with E-state index < -0.39 is 17.8 Å². The van der Waals surface area contributed by atoms with E-state index in [1.54, 1.807) is 18.5 Å². The number of aryl methyl sites for hydroxylation is 1. The van der Waals surface area contributed by atoms with Crippen LogP contribution >= 0.6 is 0 Å². The number of hydrogen-bond acceptors (Lipinski definition) is 5. The van der Waals surface area contributed by atoms with Gasteiger partial charge in [0.25, 0.3) is 0 Å². The molecule has 0 aliphatic carbocycles. The molecule has 106 valence electrons. The lowest BCUT2D eigenvalue weighted by Crippen LogP contribution is -2.13. The van der Waals surface area contributed by atoms with Crippen molar-refractivity contribution in [3.63, 3.8) is 0 Å². The number of alkyl halides is 3. The van der Waals surface area contributed by atoms with Crippen LogP contribution in [-0.2, 0) is 12.7 Å². The second-order valence-electron chi connectivity index (χ2n) is 4.15. The van der Waals surface area contributed by atoms with Crippen molar-refractivity contribution in [2.45, 2.75) is 19.6 Å². The van der Waals surface area contributed by atoms with E-state index in [0.717, 1.165) is 17.2 Å². The van der Waals surface area contributed by atoms with Crippen molar-refractivity contribution in [1.29, 1.82) is 0 Å². The van der Waals surface area contributed by atoms with Crippen molar-refractivity contribution in [2.24, 2.45) is 0 Å². The fourth-order valence-corrected chi connectivity index (χ4v) is 1.59. The van der Waals surface area contributed by atoms with Crippen LogP contribution in [0.4, 0.5) is 24.9 Å². The number of hydrogen-bond donors (Lipinski definition) is 2. The largest absolute Gasteiger partial charge is 0.433 e. The van der Waals surface area contributed by atoms with E-state index >= 15 is 0 Å². The topological polar surface area (TPSA) is 76.7 Å². The van der Waals surface area contributed by atoms with Gasteiger partial charge in [0, 0.05) is 25.0 Å². The SMILES string of the molecule is Cc1cnccc1CNc1cc(C(F)(F)F)nc(N)n1. The Labute approximate surface area is 113 Å². The van der Waals surface area contributed by atoms with Gasteiger partial charge in [0.15, 0.2) is 5.69 Å². The van der Waals surface area contributed by atoms with Gasteiger partial charge in [0.1, 0.15) is 5.82 Å². The average Bonchev–Trinajstić information content (AvgIpc) is 2.36. The van der Waals surface area contributed by atoms with Gasteiger partial charge in [-0.3, -0.25) is 4.98 Å². The van der Waals surface area contributed by atoms with E-state index in [4.69, 9.17) is 5.73 Å². The number of pyridine rings is 1. The van der Waals surface area contributed by atoms with Crippen LogP contribution in [0.5, 0.6) is 0 Å². The zero-order valence-electron chi connectivity index (χ0n) is 10.6. The van der Waals surface area contributed by atoms with Crippen molar-refractivity contribution < 1.29 is 13.2 Å². The van der Waals surface area contributed by atoms with E-state index in [-0.39, 0.29) is 5.82 Å². The Morgan fingerprint density at radius 3 is 2.70 bits per heavy atom. The molecule has 5 nitrogen and oxygen atoms in total. The molecule has 0 aliphatic heterocycles. The molecule has 0 aromatic carbocycles. The highest BCUT2D eigenvalue weighted by atomic mass is 19.4. The fourth-order valence-electron chi connectivity index (χ4n) is 1.59. The summed E-state index contributed by atoms with van der Waals surface area (Å²) in [6.45, 7) is 2.18. The minimum absolute atomic E-state index is 0.0287. The van der Waals surface area contributed by atoms with Gasteiger partial charge in [0.2, 0.25) is 5.95 Å². The molecule has 0 amide bonds. The van der Waals surface area contributed by atoms with E-state index in [0.29, 0.717) is 6.54 Å². The monoisotopic (exact) mass is 283 g/mol. The molecular formula is C12H12F3N5. The van der Waals surface area contributed by atoms with Crippen LogP contribution in [-0.4, -0.2) is 15.0 Å². The molecule has 2 heterocycles. The minimum Gasteiger partial charge on any atom is -0.368 e. The van der Waals surface area contributed by atoms with Gasteiger partial charge >= 0.3 is 6.18 Å². The number of halogens is 3. The lowest BCUT2D eigenvalue weighted by atomic mass is 10.1. The van der Waals surface area contributed by atoms with Crippen molar-refractivity contribution in [3.8, 4) is 0 Å². The molecule has 0 fully saturated rings. The van der Waals surface area contributed by atoms with Crippen LogP contribution in [0.3, 0.4) is 0 Å². The molecular weight excluding hydrogens is 271 g/mol. The Morgan fingerprint density at radius 1 is 1.30 bits per heavy atom. The maximum Gasteiger partial charge on any atom is 0.433 e. The molecule has 0 atom stereocenters. The normalized spacial score (nSPS) is 11.4. The van der Waals surface area contributed by atoms with E-state index in [2.05, 4.69) is 20.3 Å². The van der Waals surface area contributed by atoms with Gasteiger partial charge in [-0.05, 0) is 24.1 Å². The molecule has 20 heavy (non-hydrogen) atoms. The smallest absolute Gasteiger partial charge is 0.368 e. The predicted molar refractivity (Wildman–Crippen MR) is 67.7 cm³/mol. The summed E-state index contributed by atoms with van der Waals surface area (Å²) in [5, 5.41) is 2.80.